The van der Waals surface area contributed by atoms with Crippen LogP contribution < -0.4 is 5.32 Å². The van der Waals surface area contributed by atoms with Crippen LogP contribution in [-0.2, 0) is 4.74 Å². The summed E-state index contributed by atoms with van der Waals surface area (Å²) in [5.41, 5.74) is 0. The highest BCUT2D eigenvalue weighted by Gasteiger charge is 2.23. The van der Waals surface area contributed by atoms with Gasteiger partial charge >= 0.3 is 0 Å². The van der Waals surface area contributed by atoms with E-state index in [-0.39, 0.29) is 0 Å². The van der Waals surface area contributed by atoms with Gasteiger partial charge in [-0.05, 0) is 38.1 Å². The SMILES string of the molecule is CCCCC(CC)COCC(NC)C1CCCC1. The van der Waals surface area contributed by atoms with Gasteiger partial charge < -0.3 is 10.1 Å². The first kappa shape index (κ1) is 16.0. The standard InChI is InChI=1S/C16H33NO/c1-4-6-9-14(5-2)12-18-13-16(17-3)15-10-7-8-11-15/h14-17H,4-13H2,1-3H3. The molecule has 1 saturated carbocycles. The molecule has 0 radical (unpaired) electrons. The first-order valence-electron chi connectivity index (χ1n) is 8.06. The molecular formula is C16H33NO. The van der Waals surface area contributed by atoms with Crippen LogP contribution in [0.25, 0.3) is 0 Å². The van der Waals surface area contributed by atoms with Gasteiger partial charge in [0.2, 0.25) is 0 Å². The maximum atomic E-state index is 5.99. The van der Waals surface area contributed by atoms with E-state index < -0.39 is 0 Å². The zero-order valence-electron chi connectivity index (χ0n) is 12.7. The number of ether oxygens (including phenoxy) is 1. The average molecular weight is 255 g/mol. The van der Waals surface area contributed by atoms with Crippen LogP contribution in [0.15, 0.2) is 0 Å². The summed E-state index contributed by atoms with van der Waals surface area (Å²) in [6, 6.07) is 0.580. The van der Waals surface area contributed by atoms with Gasteiger partial charge in [-0.1, -0.05) is 46.0 Å². The Morgan fingerprint density at radius 2 is 1.89 bits per heavy atom. The smallest absolute Gasteiger partial charge is 0.0622 e. The van der Waals surface area contributed by atoms with Crippen LogP contribution in [0.4, 0.5) is 0 Å². The number of hydrogen-bond acceptors (Lipinski definition) is 2. The second-order valence-corrected chi connectivity index (χ2v) is 5.89. The molecule has 18 heavy (non-hydrogen) atoms. The van der Waals surface area contributed by atoms with Gasteiger partial charge in [0.05, 0.1) is 6.61 Å². The first-order chi connectivity index (χ1) is 8.81. The maximum absolute atomic E-state index is 5.99. The van der Waals surface area contributed by atoms with Crippen LogP contribution in [0.3, 0.4) is 0 Å². The van der Waals surface area contributed by atoms with Gasteiger partial charge in [0, 0.05) is 12.6 Å². The molecule has 0 amide bonds. The lowest BCUT2D eigenvalue weighted by molar-refractivity contribution is 0.0657. The number of nitrogens with one attached hydrogen (secondary N) is 1. The van der Waals surface area contributed by atoms with Crippen LogP contribution >= 0.6 is 0 Å². The Morgan fingerprint density at radius 1 is 1.17 bits per heavy atom. The van der Waals surface area contributed by atoms with Crippen molar-refractivity contribution in [1.82, 2.24) is 5.32 Å². The molecule has 0 aliphatic heterocycles. The Morgan fingerprint density at radius 3 is 2.44 bits per heavy atom. The topological polar surface area (TPSA) is 21.3 Å². The molecule has 0 aromatic carbocycles. The summed E-state index contributed by atoms with van der Waals surface area (Å²) < 4.78 is 5.99. The molecule has 1 fully saturated rings. The van der Waals surface area contributed by atoms with E-state index in [2.05, 4.69) is 26.2 Å². The fourth-order valence-corrected chi connectivity index (χ4v) is 3.07. The van der Waals surface area contributed by atoms with Gasteiger partial charge in [-0.15, -0.1) is 0 Å². The number of rotatable bonds is 10. The number of likely N-dealkylation sites (N-methyl/N-ethyl adjacent to an activating group) is 1. The minimum atomic E-state index is 0.580. The van der Waals surface area contributed by atoms with Crippen molar-refractivity contribution in [3.8, 4) is 0 Å². The molecule has 2 heteroatoms. The molecule has 108 valence electrons. The molecule has 1 rings (SSSR count). The summed E-state index contributed by atoms with van der Waals surface area (Å²) in [5, 5.41) is 3.45. The Hall–Kier alpha value is -0.0800. The van der Waals surface area contributed by atoms with Crippen LogP contribution in [-0.4, -0.2) is 26.3 Å². The third-order valence-electron chi connectivity index (χ3n) is 4.53. The van der Waals surface area contributed by atoms with Crippen LogP contribution in [0, 0.1) is 11.8 Å². The summed E-state index contributed by atoms with van der Waals surface area (Å²) in [4.78, 5) is 0. The van der Waals surface area contributed by atoms with Crippen LogP contribution in [0.1, 0.15) is 65.2 Å². The first-order valence-corrected chi connectivity index (χ1v) is 8.06. The fourth-order valence-electron chi connectivity index (χ4n) is 3.07. The van der Waals surface area contributed by atoms with Crippen LogP contribution in [0.5, 0.6) is 0 Å². The monoisotopic (exact) mass is 255 g/mol. The molecule has 2 unspecified atom stereocenters. The fraction of sp³-hybridized carbons (Fsp3) is 1.00. The van der Waals surface area contributed by atoms with Crippen molar-refractivity contribution >= 4 is 0 Å². The van der Waals surface area contributed by atoms with E-state index in [1.54, 1.807) is 0 Å². The lowest BCUT2D eigenvalue weighted by Gasteiger charge is -2.24. The van der Waals surface area contributed by atoms with Crippen molar-refractivity contribution in [2.24, 2.45) is 11.8 Å². The van der Waals surface area contributed by atoms with E-state index in [0.29, 0.717) is 6.04 Å². The Labute approximate surface area is 114 Å². The minimum absolute atomic E-state index is 0.580. The highest BCUT2D eigenvalue weighted by Crippen LogP contribution is 2.27. The molecule has 1 aliphatic rings. The Kier molecular flexibility index (Phi) is 8.70. The van der Waals surface area contributed by atoms with Crippen molar-refractivity contribution in [3.63, 3.8) is 0 Å². The van der Waals surface area contributed by atoms with Gasteiger partial charge in [0.15, 0.2) is 0 Å². The van der Waals surface area contributed by atoms with Crippen LogP contribution in [0.2, 0.25) is 0 Å². The van der Waals surface area contributed by atoms with Gasteiger partial charge in [0.1, 0.15) is 0 Å². The Bertz CT molecular complexity index is 190. The van der Waals surface area contributed by atoms with Gasteiger partial charge in [0.25, 0.3) is 0 Å². The van der Waals surface area contributed by atoms with Crippen molar-refractivity contribution < 1.29 is 4.74 Å². The lowest BCUT2D eigenvalue weighted by Crippen LogP contribution is -2.37. The van der Waals surface area contributed by atoms with Gasteiger partial charge in [-0.25, -0.2) is 0 Å². The molecule has 0 aromatic rings. The van der Waals surface area contributed by atoms with Crippen molar-refractivity contribution in [1.29, 1.82) is 0 Å². The molecule has 1 N–H and O–H groups in total. The lowest BCUT2D eigenvalue weighted by atomic mass is 9.98. The summed E-state index contributed by atoms with van der Waals surface area (Å²) in [6.45, 7) is 6.42. The second kappa shape index (κ2) is 9.80. The molecule has 2 atom stereocenters. The molecular weight excluding hydrogens is 222 g/mol. The normalized spacial score (nSPS) is 20.2. The van der Waals surface area contributed by atoms with E-state index in [1.807, 2.05) is 0 Å². The van der Waals surface area contributed by atoms with E-state index in [4.69, 9.17) is 4.74 Å². The predicted octanol–water partition coefficient (Wildman–Crippen LogP) is 4.00. The van der Waals surface area contributed by atoms with Crippen molar-refractivity contribution in [3.05, 3.63) is 0 Å². The maximum Gasteiger partial charge on any atom is 0.0622 e. The molecule has 0 saturated heterocycles. The van der Waals surface area contributed by atoms with E-state index in [9.17, 15) is 0 Å². The van der Waals surface area contributed by atoms with Crippen molar-refractivity contribution in [2.75, 3.05) is 20.3 Å². The largest absolute Gasteiger partial charge is 0.380 e. The van der Waals surface area contributed by atoms with Gasteiger partial charge in [-0.3, -0.25) is 0 Å². The van der Waals surface area contributed by atoms with Crippen molar-refractivity contribution in [2.45, 2.75) is 71.3 Å². The minimum Gasteiger partial charge on any atom is -0.380 e. The highest BCUT2D eigenvalue weighted by molar-refractivity contribution is 4.79. The van der Waals surface area contributed by atoms with E-state index in [0.717, 1.165) is 25.0 Å². The summed E-state index contributed by atoms with van der Waals surface area (Å²) >= 11 is 0. The summed E-state index contributed by atoms with van der Waals surface area (Å²) in [6.07, 6.45) is 10.9. The average Bonchev–Trinajstić information content (AvgIpc) is 2.92. The second-order valence-electron chi connectivity index (χ2n) is 5.89. The summed E-state index contributed by atoms with van der Waals surface area (Å²) in [7, 11) is 2.08. The van der Waals surface area contributed by atoms with E-state index in [1.165, 1.54) is 51.4 Å². The molecule has 2 nitrogen and oxygen atoms in total. The summed E-state index contributed by atoms with van der Waals surface area (Å²) in [5.74, 6) is 1.62. The quantitative estimate of drug-likeness (QED) is 0.637. The molecule has 0 bridgehead atoms. The third kappa shape index (κ3) is 5.71. The Balaban J connectivity index is 2.16. The molecule has 0 spiro atoms. The third-order valence-corrected chi connectivity index (χ3v) is 4.53. The number of hydrogen-bond donors (Lipinski definition) is 1. The molecule has 0 aromatic heterocycles. The molecule has 0 heterocycles. The zero-order chi connectivity index (χ0) is 13.2. The highest BCUT2D eigenvalue weighted by atomic mass is 16.5. The van der Waals surface area contributed by atoms with Gasteiger partial charge in [-0.2, -0.15) is 0 Å². The van der Waals surface area contributed by atoms with E-state index >= 15 is 0 Å². The molecule has 1 aliphatic carbocycles. The zero-order valence-corrected chi connectivity index (χ0v) is 12.7. The number of unbranched alkanes of at least 4 members (excludes halogenated alkanes) is 1. The predicted molar refractivity (Wildman–Crippen MR) is 78.9 cm³/mol.